The van der Waals surface area contributed by atoms with E-state index >= 15 is 0 Å². The third-order valence-electron chi connectivity index (χ3n) is 2.23. The zero-order valence-corrected chi connectivity index (χ0v) is 10.1. The fourth-order valence-corrected chi connectivity index (χ4v) is 1.70. The molecule has 0 spiro atoms. The number of nitrogens with zero attached hydrogens (tertiary/aromatic N) is 1. The van der Waals surface area contributed by atoms with Crippen molar-refractivity contribution in [2.24, 2.45) is 0 Å². The van der Waals surface area contributed by atoms with Gasteiger partial charge >= 0.3 is 5.97 Å². The van der Waals surface area contributed by atoms with Gasteiger partial charge in [-0.1, -0.05) is 23.7 Å². The van der Waals surface area contributed by atoms with Crippen molar-refractivity contribution in [2.45, 2.75) is 20.0 Å². The predicted octanol–water partition coefficient (Wildman–Crippen LogP) is 1.81. The van der Waals surface area contributed by atoms with Crippen LogP contribution in [0.25, 0.3) is 0 Å². The highest BCUT2D eigenvalue weighted by Crippen LogP contribution is 2.24. The van der Waals surface area contributed by atoms with E-state index in [4.69, 9.17) is 26.7 Å². The number of esters is 1. The summed E-state index contributed by atoms with van der Waals surface area (Å²) in [6, 6.07) is 5.13. The number of benzene rings is 1. The van der Waals surface area contributed by atoms with Crippen LogP contribution in [0.4, 0.5) is 0 Å². The molecule has 0 amide bonds. The standard InChI is InChI=1S/C12H12ClNO3/c1-2-17-11(16)5-8-3-4-9(7-15)12(13)10(8)6-14/h3-4,15H,2,5,7H2,1H3. The van der Waals surface area contributed by atoms with Crippen LogP contribution in [0.5, 0.6) is 0 Å². The van der Waals surface area contributed by atoms with Crippen LogP contribution in [0, 0.1) is 11.3 Å². The Morgan fingerprint density at radius 3 is 2.71 bits per heavy atom. The smallest absolute Gasteiger partial charge is 0.310 e. The first kappa shape index (κ1) is 13.5. The monoisotopic (exact) mass is 253 g/mol. The van der Waals surface area contributed by atoms with Crippen molar-refractivity contribution in [2.75, 3.05) is 6.61 Å². The quantitative estimate of drug-likeness (QED) is 0.831. The Morgan fingerprint density at radius 1 is 1.53 bits per heavy atom. The van der Waals surface area contributed by atoms with Crippen molar-refractivity contribution in [3.8, 4) is 6.07 Å². The lowest BCUT2D eigenvalue weighted by molar-refractivity contribution is -0.142. The van der Waals surface area contributed by atoms with Gasteiger partial charge in [-0.25, -0.2) is 0 Å². The zero-order valence-electron chi connectivity index (χ0n) is 9.36. The minimum atomic E-state index is -0.406. The summed E-state index contributed by atoms with van der Waals surface area (Å²) in [6.07, 6.45) is 0.00214. The highest BCUT2D eigenvalue weighted by molar-refractivity contribution is 6.32. The molecule has 0 atom stereocenters. The summed E-state index contributed by atoms with van der Waals surface area (Å²) in [7, 11) is 0. The molecule has 0 saturated carbocycles. The van der Waals surface area contributed by atoms with E-state index < -0.39 is 5.97 Å². The normalized spacial score (nSPS) is 9.76. The lowest BCUT2D eigenvalue weighted by atomic mass is 10.0. The number of aliphatic hydroxyl groups excluding tert-OH is 1. The van der Waals surface area contributed by atoms with E-state index in [0.717, 1.165) is 0 Å². The van der Waals surface area contributed by atoms with Crippen molar-refractivity contribution >= 4 is 17.6 Å². The van der Waals surface area contributed by atoms with Crippen molar-refractivity contribution in [1.29, 1.82) is 5.26 Å². The van der Waals surface area contributed by atoms with Gasteiger partial charge in [0.05, 0.1) is 30.2 Å². The Hall–Kier alpha value is -1.57. The van der Waals surface area contributed by atoms with Gasteiger partial charge in [-0.05, 0) is 18.1 Å². The molecule has 1 rings (SSSR count). The van der Waals surface area contributed by atoms with E-state index in [1.54, 1.807) is 19.1 Å². The van der Waals surface area contributed by atoms with E-state index in [1.165, 1.54) is 0 Å². The van der Waals surface area contributed by atoms with Crippen LogP contribution >= 0.6 is 11.6 Å². The molecule has 1 aromatic carbocycles. The lowest BCUT2D eigenvalue weighted by Crippen LogP contribution is -2.09. The van der Waals surface area contributed by atoms with Crippen molar-refractivity contribution in [3.05, 3.63) is 33.8 Å². The Labute approximate surface area is 104 Å². The SMILES string of the molecule is CCOC(=O)Cc1ccc(CO)c(Cl)c1C#N. The first-order chi connectivity index (χ1) is 8.13. The molecule has 0 aliphatic heterocycles. The molecule has 0 heterocycles. The van der Waals surface area contributed by atoms with Gasteiger partial charge in [0.1, 0.15) is 6.07 Å². The summed E-state index contributed by atoms with van der Waals surface area (Å²) < 4.78 is 4.80. The summed E-state index contributed by atoms with van der Waals surface area (Å²) in [4.78, 5) is 11.3. The van der Waals surface area contributed by atoms with E-state index in [9.17, 15) is 4.79 Å². The molecule has 0 unspecified atom stereocenters. The number of ether oxygens (including phenoxy) is 1. The molecule has 0 aromatic heterocycles. The fraction of sp³-hybridized carbons (Fsp3) is 0.333. The molecular formula is C12H12ClNO3. The first-order valence-corrected chi connectivity index (χ1v) is 5.48. The summed E-state index contributed by atoms with van der Waals surface area (Å²) in [5, 5.41) is 18.2. The fourth-order valence-electron chi connectivity index (χ4n) is 1.42. The topological polar surface area (TPSA) is 70.3 Å². The van der Waals surface area contributed by atoms with E-state index in [-0.39, 0.29) is 23.6 Å². The van der Waals surface area contributed by atoms with Crippen LogP contribution in [0.1, 0.15) is 23.6 Å². The molecule has 0 aliphatic carbocycles. The minimum absolute atomic E-state index is 0.00214. The maximum absolute atomic E-state index is 11.3. The van der Waals surface area contributed by atoms with Gasteiger partial charge in [0.15, 0.2) is 0 Å². The van der Waals surface area contributed by atoms with Gasteiger partial charge < -0.3 is 9.84 Å². The van der Waals surface area contributed by atoms with Gasteiger partial charge in [0.25, 0.3) is 0 Å². The number of nitriles is 1. The second kappa shape index (κ2) is 6.24. The highest BCUT2D eigenvalue weighted by Gasteiger charge is 2.14. The maximum Gasteiger partial charge on any atom is 0.310 e. The number of rotatable bonds is 4. The second-order valence-corrected chi connectivity index (χ2v) is 3.70. The summed E-state index contributed by atoms with van der Waals surface area (Å²) in [6.45, 7) is 1.77. The number of halogens is 1. The molecule has 0 fully saturated rings. The number of hydrogen-bond acceptors (Lipinski definition) is 4. The molecule has 17 heavy (non-hydrogen) atoms. The second-order valence-electron chi connectivity index (χ2n) is 3.32. The largest absolute Gasteiger partial charge is 0.466 e. The van der Waals surface area contributed by atoms with Gasteiger partial charge in [-0.2, -0.15) is 5.26 Å². The molecule has 1 N–H and O–H groups in total. The average Bonchev–Trinajstić information content (AvgIpc) is 2.30. The molecule has 4 nitrogen and oxygen atoms in total. The Balaban J connectivity index is 3.06. The zero-order chi connectivity index (χ0) is 12.8. The van der Waals surface area contributed by atoms with E-state index in [0.29, 0.717) is 17.7 Å². The van der Waals surface area contributed by atoms with Crippen LogP contribution in [0.3, 0.4) is 0 Å². The summed E-state index contributed by atoms with van der Waals surface area (Å²) >= 11 is 5.94. The van der Waals surface area contributed by atoms with Gasteiger partial charge in [-0.3, -0.25) is 4.79 Å². The average molecular weight is 254 g/mol. The third-order valence-corrected chi connectivity index (χ3v) is 2.66. The molecule has 0 saturated heterocycles. The molecule has 1 aromatic rings. The highest BCUT2D eigenvalue weighted by atomic mass is 35.5. The Morgan fingerprint density at radius 2 is 2.18 bits per heavy atom. The molecule has 5 heteroatoms. The number of carbonyl (C=O) groups excluding carboxylic acids is 1. The number of hydrogen-bond donors (Lipinski definition) is 1. The van der Waals surface area contributed by atoms with Crippen LogP contribution < -0.4 is 0 Å². The van der Waals surface area contributed by atoms with Crippen molar-refractivity contribution in [3.63, 3.8) is 0 Å². The minimum Gasteiger partial charge on any atom is -0.466 e. The number of carbonyl (C=O) groups is 1. The van der Waals surface area contributed by atoms with Gasteiger partial charge in [0.2, 0.25) is 0 Å². The predicted molar refractivity (Wildman–Crippen MR) is 62.4 cm³/mol. The third kappa shape index (κ3) is 3.19. The molecule has 0 bridgehead atoms. The first-order valence-electron chi connectivity index (χ1n) is 5.10. The summed E-state index contributed by atoms with van der Waals surface area (Å²) in [5.41, 5.74) is 1.19. The van der Waals surface area contributed by atoms with E-state index in [1.807, 2.05) is 6.07 Å². The van der Waals surface area contributed by atoms with Crippen LogP contribution in [-0.4, -0.2) is 17.7 Å². The Bertz CT molecular complexity index is 466. The molecule has 0 radical (unpaired) electrons. The van der Waals surface area contributed by atoms with Crippen molar-refractivity contribution in [1.82, 2.24) is 0 Å². The molecular weight excluding hydrogens is 242 g/mol. The van der Waals surface area contributed by atoms with Crippen LogP contribution in [0.2, 0.25) is 5.02 Å². The van der Waals surface area contributed by atoms with Crippen molar-refractivity contribution < 1.29 is 14.6 Å². The molecule has 90 valence electrons. The molecule has 0 aliphatic rings. The summed E-state index contributed by atoms with van der Waals surface area (Å²) in [5.74, 6) is -0.406. The maximum atomic E-state index is 11.3. The van der Waals surface area contributed by atoms with Crippen LogP contribution in [-0.2, 0) is 22.6 Å². The lowest BCUT2D eigenvalue weighted by Gasteiger charge is -2.08. The van der Waals surface area contributed by atoms with E-state index in [2.05, 4.69) is 0 Å². The van der Waals surface area contributed by atoms with Crippen LogP contribution in [0.15, 0.2) is 12.1 Å². The Kier molecular flexibility index (Phi) is 4.95. The van der Waals surface area contributed by atoms with Gasteiger partial charge in [0, 0.05) is 0 Å². The number of aliphatic hydroxyl groups is 1. The van der Waals surface area contributed by atoms with Gasteiger partial charge in [-0.15, -0.1) is 0 Å².